The molecule has 0 unspecified atom stereocenters. The van der Waals surface area contributed by atoms with Gasteiger partial charge in [-0.1, -0.05) is 11.1 Å². The van der Waals surface area contributed by atoms with Gasteiger partial charge in [0.15, 0.2) is 5.82 Å². The van der Waals surface area contributed by atoms with Crippen LogP contribution in [0.25, 0.3) is 0 Å². The summed E-state index contributed by atoms with van der Waals surface area (Å²) in [6.45, 7) is 2.16. The van der Waals surface area contributed by atoms with Crippen LogP contribution < -0.4 is 10.9 Å². The summed E-state index contributed by atoms with van der Waals surface area (Å²) >= 11 is 3.21. The first kappa shape index (κ1) is 13.3. The number of hydrogen-bond donors (Lipinski definition) is 1. The summed E-state index contributed by atoms with van der Waals surface area (Å²) in [4.78, 5) is 15.9. The highest BCUT2D eigenvalue weighted by atomic mass is 79.9. The van der Waals surface area contributed by atoms with Crippen LogP contribution in [0.15, 0.2) is 20.0 Å². The summed E-state index contributed by atoms with van der Waals surface area (Å²) < 4.78 is 6.49. The fraction of sp³-hybridized carbons (Fsp3) is 0.273. The SMILES string of the molecule is C#CCn1ncc(NCc2nc(C)no2)c(Br)c1=O. The van der Waals surface area contributed by atoms with Gasteiger partial charge in [-0.15, -0.1) is 6.42 Å². The number of nitrogens with one attached hydrogen (secondary N) is 1. The van der Waals surface area contributed by atoms with Crippen LogP contribution in [-0.4, -0.2) is 19.9 Å². The monoisotopic (exact) mass is 323 g/mol. The largest absolute Gasteiger partial charge is 0.374 e. The number of rotatable bonds is 4. The smallest absolute Gasteiger partial charge is 0.284 e. The number of aryl methyl sites for hydroxylation is 1. The molecule has 0 saturated carbocycles. The van der Waals surface area contributed by atoms with E-state index in [2.05, 4.69) is 42.4 Å². The number of terminal acetylenes is 1. The van der Waals surface area contributed by atoms with Crippen LogP contribution in [-0.2, 0) is 13.1 Å². The lowest BCUT2D eigenvalue weighted by Crippen LogP contribution is -2.24. The minimum Gasteiger partial charge on any atom is -0.374 e. The molecule has 19 heavy (non-hydrogen) atoms. The molecule has 0 aromatic carbocycles. The molecule has 0 atom stereocenters. The number of hydrogen-bond acceptors (Lipinski definition) is 6. The molecule has 0 spiro atoms. The molecule has 0 bridgehead atoms. The molecule has 2 aromatic heterocycles. The summed E-state index contributed by atoms with van der Waals surface area (Å²) in [5.41, 5.74) is 0.235. The van der Waals surface area contributed by atoms with Crippen molar-refractivity contribution in [1.29, 1.82) is 0 Å². The van der Waals surface area contributed by atoms with E-state index >= 15 is 0 Å². The summed E-state index contributed by atoms with van der Waals surface area (Å²) in [5.74, 6) is 3.34. The minimum absolute atomic E-state index is 0.126. The third kappa shape index (κ3) is 3.00. The first-order chi connectivity index (χ1) is 9.11. The highest BCUT2D eigenvalue weighted by Gasteiger charge is 2.09. The molecule has 0 amide bonds. The molecule has 2 aromatic rings. The maximum Gasteiger partial charge on any atom is 0.284 e. The van der Waals surface area contributed by atoms with Gasteiger partial charge >= 0.3 is 0 Å². The zero-order valence-corrected chi connectivity index (χ0v) is 11.6. The van der Waals surface area contributed by atoms with E-state index in [9.17, 15) is 4.79 Å². The van der Waals surface area contributed by atoms with Crippen LogP contribution in [0.5, 0.6) is 0 Å². The second-order valence-electron chi connectivity index (χ2n) is 3.63. The number of aromatic nitrogens is 4. The van der Waals surface area contributed by atoms with E-state index in [0.29, 0.717) is 28.4 Å². The van der Waals surface area contributed by atoms with Crippen LogP contribution in [0.3, 0.4) is 0 Å². The van der Waals surface area contributed by atoms with Crippen LogP contribution in [0.1, 0.15) is 11.7 Å². The topological polar surface area (TPSA) is 85.8 Å². The Bertz CT molecular complexity index is 685. The Morgan fingerprint density at radius 1 is 1.63 bits per heavy atom. The lowest BCUT2D eigenvalue weighted by Gasteiger charge is -2.07. The third-order valence-electron chi connectivity index (χ3n) is 2.23. The Kier molecular flexibility index (Phi) is 3.97. The standard InChI is InChI=1S/C11H10BrN5O2/c1-3-4-17-11(18)10(12)8(5-14-17)13-6-9-15-7(2)16-19-9/h1,5,13H,4,6H2,2H3. The van der Waals surface area contributed by atoms with Gasteiger partial charge in [0, 0.05) is 0 Å². The van der Waals surface area contributed by atoms with Gasteiger partial charge in [0.2, 0.25) is 5.89 Å². The van der Waals surface area contributed by atoms with E-state index < -0.39 is 0 Å². The Balaban J connectivity index is 2.16. The molecule has 98 valence electrons. The third-order valence-corrected chi connectivity index (χ3v) is 2.99. The van der Waals surface area contributed by atoms with Gasteiger partial charge in [-0.3, -0.25) is 4.79 Å². The molecule has 1 N–H and O–H groups in total. The van der Waals surface area contributed by atoms with Gasteiger partial charge in [-0.25, -0.2) is 4.68 Å². The summed E-state index contributed by atoms with van der Waals surface area (Å²) in [6.07, 6.45) is 6.65. The normalized spacial score (nSPS) is 10.2. The van der Waals surface area contributed by atoms with Crippen molar-refractivity contribution in [2.24, 2.45) is 0 Å². The highest BCUT2D eigenvalue weighted by molar-refractivity contribution is 9.10. The molecule has 0 fully saturated rings. The molecular formula is C11H10BrN5O2. The molecule has 7 nitrogen and oxygen atoms in total. The molecule has 0 aliphatic heterocycles. The maximum absolute atomic E-state index is 11.9. The summed E-state index contributed by atoms with van der Waals surface area (Å²) in [7, 11) is 0. The second-order valence-corrected chi connectivity index (χ2v) is 4.42. The lowest BCUT2D eigenvalue weighted by atomic mass is 10.4. The van der Waals surface area contributed by atoms with E-state index in [0.717, 1.165) is 0 Å². The fourth-order valence-corrected chi connectivity index (χ4v) is 1.82. The molecule has 0 radical (unpaired) electrons. The van der Waals surface area contributed by atoms with Crippen molar-refractivity contribution in [3.05, 3.63) is 32.7 Å². The van der Waals surface area contributed by atoms with Crippen LogP contribution in [0.4, 0.5) is 5.69 Å². The quantitative estimate of drug-likeness (QED) is 0.843. The zero-order valence-electron chi connectivity index (χ0n) is 10.1. The van der Waals surface area contributed by atoms with Crippen LogP contribution in [0.2, 0.25) is 0 Å². The predicted molar refractivity (Wildman–Crippen MR) is 71.4 cm³/mol. The van der Waals surface area contributed by atoms with Crippen molar-refractivity contribution in [2.75, 3.05) is 5.32 Å². The second kappa shape index (κ2) is 5.67. The number of halogens is 1. The van der Waals surface area contributed by atoms with E-state index in [1.807, 2.05) is 0 Å². The van der Waals surface area contributed by atoms with Crippen LogP contribution >= 0.6 is 15.9 Å². The van der Waals surface area contributed by atoms with E-state index in [1.54, 1.807) is 6.92 Å². The lowest BCUT2D eigenvalue weighted by molar-refractivity contribution is 0.379. The van der Waals surface area contributed by atoms with Crippen LogP contribution in [0, 0.1) is 19.3 Å². The molecule has 0 aliphatic carbocycles. The Hall–Kier alpha value is -2.14. The fourth-order valence-electron chi connectivity index (χ4n) is 1.37. The van der Waals surface area contributed by atoms with Crippen molar-refractivity contribution >= 4 is 21.6 Å². The Morgan fingerprint density at radius 2 is 2.42 bits per heavy atom. The predicted octanol–water partition coefficient (Wildman–Crippen LogP) is 0.943. The summed E-state index contributed by atoms with van der Waals surface area (Å²) in [5, 5.41) is 10.6. The van der Waals surface area contributed by atoms with Crippen molar-refractivity contribution in [1.82, 2.24) is 19.9 Å². The average Bonchev–Trinajstić information content (AvgIpc) is 2.80. The molecule has 0 aliphatic rings. The van der Waals surface area contributed by atoms with E-state index in [4.69, 9.17) is 10.9 Å². The molecular weight excluding hydrogens is 314 g/mol. The Morgan fingerprint density at radius 3 is 3.05 bits per heavy atom. The van der Waals surface area contributed by atoms with Crippen molar-refractivity contribution in [2.45, 2.75) is 20.0 Å². The summed E-state index contributed by atoms with van der Waals surface area (Å²) in [6, 6.07) is 0. The maximum atomic E-state index is 11.9. The van der Waals surface area contributed by atoms with E-state index in [1.165, 1.54) is 10.9 Å². The highest BCUT2D eigenvalue weighted by Crippen LogP contribution is 2.16. The van der Waals surface area contributed by atoms with Gasteiger partial charge < -0.3 is 9.84 Å². The van der Waals surface area contributed by atoms with Crippen molar-refractivity contribution in [3.63, 3.8) is 0 Å². The van der Waals surface area contributed by atoms with Gasteiger partial charge in [0.05, 0.1) is 18.4 Å². The first-order valence-corrected chi connectivity index (χ1v) is 6.13. The first-order valence-electron chi connectivity index (χ1n) is 5.34. The zero-order chi connectivity index (χ0) is 13.8. The molecule has 8 heteroatoms. The van der Waals surface area contributed by atoms with Gasteiger partial charge in [-0.05, 0) is 22.9 Å². The molecule has 2 rings (SSSR count). The van der Waals surface area contributed by atoms with E-state index in [-0.39, 0.29) is 12.1 Å². The average molecular weight is 324 g/mol. The molecule has 2 heterocycles. The van der Waals surface area contributed by atoms with Gasteiger partial charge in [0.25, 0.3) is 5.56 Å². The Labute approximate surface area is 117 Å². The van der Waals surface area contributed by atoms with Gasteiger partial charge in [-0.2, -0.15) is 10.1 Å². The molecule has 0 saturated heterocycles. The van der Waals surface area contributed by atoms with Gasteiger partial charge in [0.1, 0.15) is 11.0 Å². The minimum atomic E-state index is -0.301. The van der Waals surface area contributed by atoms with Crippen molar-refractivity contribution in [3.8, 4) is 12.3 Å². The number of anilines is 1. The van der Waals surface area contributed by atoms with Crippen molar-refractivity contribution < 1.29 is 4.52 Å². The number of nitrogens with zero attached hydrogens (tertiary/aromatic N) is 4.